The third kappa shape index (κ3) is 3.55. The van der Waals surface area contributed by atoms with Crippen molar-refractivity contribution in [1.29, 1.82) is 0 Å². The van der Waals surface area contributed by atoms with Crippen molar-refractivity contribution in [1.82, 2.24) is 10.0 Å². The van der Waals surface area contributed by atoms with Crippen molar-refractivity contribution >= 4 is 38.7 Å². The van der Waals surface area contributed by atoms with Crippen LogP contribution >= 0.6 is 22.7 Å². The zero-order valence-electron chi connectivity index (χ0n) is 13.0. The fraction of sp³-hybridized carbons (Fsp3) is 0.400. The summed E-state index contributed by atoms with van der Waals surface area (Å²) in [6.07, 6.45) is 1.11. The molecule has 0 aromatic carbocycles. The van der Waals surface area contributed by atoms with Crippen molar-refractivity contribution in [3.8, 4) is 0 Å². The highest BCUT2D eigenvalue weighted by Crippen LogP contribution is 2.34. The van der Waals surface area contributed by atoms with Crippen LogP contribution in [0.15, 0.2) is 21.7 Å². The predicted octanol–water partition coefficient (Wildman–Crippen LogP) is 2.06. The van der Waals surface area contributed by atoms with E-state index in [0.717, 1.165) is 21.1 Å². The van der Waals surface area contributed by atoms with Crippen molar-refractivity contribution in [2.45, 2.75) is 36.6 Å². The quantitative estimate of drug-likeness (QED) is 0.706. The second-order valence-corrected chi connectivity index (χ2v) is 9.75. The highest BCUT2D eigenvalue weighted by Gasteiger charge is 2.32. The van der Waals surface area contributed by atoms with Crippen LogP contribution in [0.1, 0.15) is 32.6 Å². The van der Waals surface area contributed by atoms with Gasteiger partial charge in [0.15, 0.2) is 0 Å². The second kappa shape index (κ2) is 6.93. The van der Waals surface area contributed by atoms with Gasteiger partial charge >= 0.3 is 5.97 Å². The van der Waals surface area contributed by atoms with E-state index in [1.165, 1.54) is 0 Å². The molecule has 0 spiro atoms. The summed E-state index contributed by atoms with van der Waals surface area (Å²) in [7, 11) is -3.87. The first-order valence-corrected chi connectivity index (χ1v) is 10.7. The molecular formula is C15H18N2O4S3. The van der Waals surface area contributed by atoms with E-state index in [0.29, 0.717) is 31.5 Å². The Labute approximate surface area is 148 Å². The molecule has 1 atom stereocenters. The number of hydrogen-bond acceptors (Lipinski definition) is 6. The average molecular weight is 387 g/mol. The highest BCUT2D eigenvalue weighted by molar-refractivity contribution is 7.91. The predicted molar refractivity (Wildman–Crippen MR) is 94.5 cm³/mol. The minimum atomic E-state index is -3.87. The molecule has 0 amide bonds. The normalized spacial score (nSPS) is 15.9. The Bertz CT molecular complexity index is 840. The maximum atomic E-state index is 12.7. The fourth-order valence-corrected chi connectivity index (χ4v) is 6.76. The van der Waals surface area contributed by atoms with Crippen molar-refractivity contribution in [3.63, 3.8) is 0 Å². The summed E-state index contributed by atoms with van der Waals surface area (Å²) < 4.78 is 28.0. The van der Waals surface area contributed by atoms with E-state index in [1.807, 2.05) is 17.5 Å². The van der Waals surface area contributed by atoms with Gasteiger partial charge in [0.25, 0.3) is 10.0 Å². The Morgan fingerprint density at radius 2 is 2.29 bits per heavy atom. The van der Waals surface area contributed by atoms with Crippen LogP contribution in [-0.2, 0) is 29.4 Å². The minimum absolute atomic E-state index is 0.0627. The van der Waals surface area contributed by atoms with E-state index >= 15 is 0 Å². The van der Waals surface area contributed by atoms with E-state index in [4.69, 9.17) is 0 Å². The number of carbonyl (C=O) groups is 1. The average Bonchev–Trinajstić information content (AvgIpc) is 3.13. The maximum absolute atomic E-state index is 12.7. The lowest BCUT2D eigenvalue weighted by molar-refractivity contribution is 0.0692. The summed E-state index contributed by atoms with van der Waals surface area (Å²) in [5.41, 5.74) is 0.588. The molecule has 1 aliphatic heterocycles. The zero-order chi connectivity index (χ0) is 17.3. The van der Waals surface area contributed by atoms with Crippen LogP contribution < -0.4 is 10.0 Å². The molecule has 9 heteroatoms. The summed E-state index contributed by atoms with van der Waals surface area (Å²) in [4.78, 5) is 13.5. The van der Waals surface area contributed by atoms with Gasteiger partial charge in [-0.15, -0.1) is 22.7 Å². The second-order valence-electron chi connectivity index (χ2n) is 5.70. The van der Waals surface area contributed by atoms with Crippen LogP contribution in [0.2, 0.25) is 0 Å². The van der Waals surface area contributed by atoms with Crippen LogP contribution in [0, 0.1) is 0 Å². The Hall–Kier alpha value is -1.26. The summed E-state index contributed by atoms with van der Waals surface area (Å²) in [6.45, 7) is 2.96. The molecule has 24 heavy (non-hydrogen) atoms. The molecule has 2 aromatic heterocycles. The molecule has 0 fully saturated rings. The van der Waals surface area contributed by atoms with Gasteiger partial charge in [-0.25, -0.2) is 17.9 Å². The summed E-state index contributed by atoms with van der Waals surface area (Å²) in [5.74, 6) is -1.18. The number of aromatic carboxylic acids is 1. The number of carboxylic acids is 1. The van der Waals surface area contributed by atoms with Crippen LogP contribution in [0.5, 0.6) is 0 Å². The number of rotatable bonds is 6. The van der Waals surface area contributed by atoms with Crippen LogP contribution in [0.4, 0.5) is 0 Å². The number of carboxylic acid groups (broad SMARTS) is 1. The van der Waals surface area contributed by atoms with Gasteiger partial charge in [-0.3, -0.25) is 0 Å². The Morgan fingerprint density at radius 3 is 2.96 bits per heavy atom. The van der Waals surface area contributed by atoms with Gasteiger partial charge in [0.2, 0.25) is 0 Å². The third-order valence-corrected chi connectivity index (χ3v) is 8.04. The summed E-state index contributed by atoms with van der Waals surface area (Å²) in [6, 6.07) is 3.56. The molecule has 3 rings (SSSR count). The van der Waals surface area contributed by atoms with Gasteiger partial charge < -0.3 is 10.4 Å². The first-order chi connectivity index (χ1) is 11.4. The smallest absolute Gasteiger partial charge is 0.338 e. The van der Waals surface area contributed by atoms with E-state index in [-0.39, 0.29) is 15.8 Å². The molecule has 0 bridgehead atoms. The first kappa shape index (κ1) is 17.6. The fourth-order valence-electron chi connectivity index (χ4n) is 2.81. The monoisotopic (exact) mass is 386 g/mol. The molecule has 6 nitrogen and oxygen atoms in total. The number of thiophene rings is 2. The Balaban J connectivity index is 1.89. The molecule has 0 saturated carbocycles. The molecular weight excluding hydrogens is 368 g/mol. The molecule has 0 saturated heterocycles. The Kier molecular flexibility index (Phi) is 5.07. The number of sulfonamides is 1. The van der Waals surface area contributed by atoms with Crippen LogP contribution in [0.25, 0.3) is 0 Å². The lowest BCUT2D eigenvalue weighted by Gasteiger charge is -2.13. The zero-order valence-corrected chi connectivity index (χ0v) is 15.5. The summed E-state index contributed by atoms with van der Waals surface area (Å²) in [5, 5.41) is 14.6. The number of hydrogen-bond donors (Lipinski definition) is 3. The van der Waals surface area contributed by atoms with Crippen molar-refractivity contribution in [2.75, 3.05) is 6.54 Å². The molecule has 3 heterocycles. The van der Waals surface area contributed by atoms with Crippen molar-refractivity contribution < 1.29 is 18.3 Å². The molecule has 130 valence electrons. The van der Waals surface area contributed by atoms with E-state index < -0.39 is 16.0 Å². The number of nitrogens with one attached hydrogen (secondary N) is 2. The van der Waals surface area contributed by atoms with E-state index in [9.17, 15) is 18.3 Å². The third-order valence-electron chi connectivity index (χ3n) is 3.80. The lowest BCUT2D eigenvalue weighted by Crippen LogP contribution is -2.34. The van der Waals surface area contributed by atoms with Gasteiger partial charge in [-0.1, -0.05) is 6.07 Å². The van der Waals surface area contributed by atoms with Crippen molar-refractivity contribution in [2.24, 2.45) is 0 Å². The molecule has 1 aliphatic rings. The van der Waals surface area contributed by atoms with E-state index in [1.54, 1.807) is 18.3 Å². The topological polar surface area (TPSA) is 95.5 Å². The first-order valence-electron chi connectivity index (χ1n) is 7.51. The van der Waals surface area contributed by atoms with Gasteiger partial charge in [0.05, 0.1) is 5.56 Å². The van der Waals surface area contributed by atoms with Gasteiger partial charge in [-0.2, -0.15) is 0 Å². The van der Waals surface area contributed by atoms with Gasteiger partial charge in [-0.05, 0) is 43.3 Å². The standard InChI is InChI=1S/C15H18N2O4S3/c1-9(7-10-3-2-6-22-10)17-24(20,21)15-13(14(18)19)11-4-5-16-8-12(11)23-15/h2-3,6,9,16-17H,4-5,7-8H2,1H3,(H,18,19). The van der Waals surface area contributed by atoms with Crippen molar-refractivity contribution in [3.05, 3.63) is 38.4 Å². The Morgan fingerprint density at radius 1 is 1.50 bits per heavy atom. The van der Waals surface area contributed by atoms with Crippen LogP contribution in [0.3, 0.4) is 0 Å². The molecule has 0 aliphatic carbocycles. The van der Waals surface area contributed by atoms with Gasteiger partial charge in [0, 0.05) is 22.3 Å². The number of fused-ring (bicyclic) bond motifs is 1. The molecule has 2 aromatic rings. The van der Waals surface area contributed by atoms with E-state index in [2.05, 4.69) is 10.0 Å². The highest BCUT2D eigenvalue weighted by atomic mass is 32.2. The SMILES string of the molecule is CC(Cc1cccs1)NS(=O)(=O)c1sc2c(c1C(=O)O)CCNC2. The largest absolute Gasteiger partial charge is 0.478 e. The van der Waals surface area contributed by atoms with Gasteiger partial charge in [0.1, 0.15) is 4.21 Å². The summed E-state index contributed by atoms with van der Waals surface area (Å²) >= 11 is 2.62. The minimum Gasteiger partial charge on any atom is -0.478 e. The lowest BCUT2D eigenvalue weighted by atomic mass is 10.1. The molecule has 0 radical (unpaired) electrons. The molecule has 3 N–H and O–H groups in total. The molecule has 1 unspecified atom stereocenters. The maximum Gasteiger partial charge on any atom is 0.338 e. The van der Waals surface area contributed by atoms with Crippen LogP contribution in [-0.4, -0.2) is 32.1 Å².